The molecule has 0 radical (unpaired) electrons. The highest BCUT2D eigenvalue weighted by atomic mass is 16.3. The Kier molecular flexibility index (Phi) is 4.71. The van der Waals surface area contributed by atoms with Gasteiger partial charge in [-0.2, -0.15) is 0 Å². The Bertz CT molecular complexity index is 199. The lowest BCUT2D eigenvalue weighted by atomic mass is 10.0. The van der Waals surface area contributed by atoms with E-state index in [1.165, 1.54) is 0 Å². The maximum Gasteiger partial charge on any atom is 0.232 e. The van der Waals surface area contributed by atoms with E-state index in [1.54, 1.807) is 0 Å². The minimum absolute atomic E-state index is 0.892. The molecule has 0 heterocycles. The van der Waals surface area contributed by atoms with E-state index in [0.29, 0.717) is 0 Å². The predicted octanol–water partition coefficient (Wildman–Crippen LogP) is -2.78. The molecule has 3 atom stereocenters. The molecule has 2 unspecified atom stereocenters. The topological polar surface area (TPSA) is 115 Å². The number of ketones is 2. The third-order valence-corrected chi connectivity index (χ3v) is 1.44. The van der Waals surface area contributed by atoms with Crippen LogP contribution in [0.4, 0.5) is 0 Å². The van der Waals surface area contributed by atoms with Crippen molar-refractivity contribution in [3.63, 3.8) is 0 Å². The van der Waals surface area contributed by atoms with Gasteiger partial charge >= 0.3 is 0 Å². The number of hydrogen-bond acceptors (Lipinski definition) is 6. The monoisotopic (exact) mass is 192 g/mol. The Labute approximate surface area is 74.4 Å². The summed E-state index contributed by atoms with van der Waals surface area (Å²) in [5, 5.41) is 34.6. The SMILES string of the molecule is CC(O)C(O)C(=O)C(=O)[C@@H](O)CO. The van der Waals surface area contributed by atoms with E-state index in [-0.39, 0.29) is 0 Å². The molecule has 0 aliphatic rings. The quantitative estimate of drug-likeness (QED) is 0.350. The van der Waals surface area contributed by atoms with Gasteiger partial charge in [0.2, 0.25) is 11.6 Å². The van der Waals surface area contributed by atoms with E-state index >= 15 is 0 Å². The van der Waals surface area contributed by atoms with E-state index in [9.17, 15) is 9.59 Å². The van der Waals surface area contributed by atoms with Crippen LogP contribution in [0.2, 0.25) is 0 Å². The van der Waals surface area contributed by atoms with Crippen molar-refractivity contribution in [2.24, 2.45) is 0 Å². The molecule has 0 saturated carbocycles. The fourth-order valence-corrected chi connectivity index (χ4v) is 0.612. The van der Waals surface area contributed by atoms with Gasteiger partial charge in [0, 0.05) is 0 Å². The molecule has 0 aromatic rings. The van der Waals surface area contributed by atoms with Gasteiger partial charge in [-0.1, -0.05) is 0 Å². The smallest absolute Gasteiger partial charge is 0.232 e. The molecule has 0 bridgehead atoms. The molecule has 6 nitrogen and oxygen atoms in total. The molecule has 0 aromatic carbocycles. The van der Waals surface area contributed by atoms with Gasteiger partial charge in [0.1, 0.15) is 12.2 Å². The first kappa shape index (κ1) is 12.2. The van der Waals surface area contributed by atoms with Crippen molar-refractivity contribution in [2.75, 3.05) is 6.61 Å². The number of aliphatic hydroxyl groups is 4. The second kappa shape index (κ2) is 5.03. The number of hydrogen-bond donors (Lipinski definition) is 4. The number of rotatable bonds is 5. The Morgan fingerprint density at radius 3 is 1.92 bits per heavy atom. The van der Waals surface area contributed by atoms with Gasteiger partial charge in [-0.3, -0.25) is 9.59 Å². The zero-order valence-electron chi connectivity index (χ0n) is 7.04. The third kappa shape index (κ3) is 3.19. The second-order valence-corrected chi connectivity index (χ2v) is 2.61. The summed E-state index contributed by atoms with van der Waals surface area (Å²) >= 11 is 0. The first-order chi connectivity index (χ1) is 5.91. The van der Waals surface area contributed by atoms with Gasteiger partial charge in [0.05, 0.1) is 12.7 Å². The zero-order valence-corrected chi connectivity index (χ0v) is 7.04. The van der Waals surface area contributed by atoms with Crippen LogP contribution >= 0.6 is 0 Å². The summed E-state index contributed by atoms with van der Waals surface area (Å²) in [4.78, 5) is 21.6. The maximum atomic E-state index is 10.9. The van der Waals surface area contributed by atoms with Crippen LogP contribution in [0.15, 0.2) is 0 Å². The molecule has 0 amide bonds. The summed E-state index contributed by atoms with van der Waals surface area (Å²) in [7, 11) is 0. The average Bonchev–Trinajstić information content (AvgIpc) is 2.12. The van der Waals surface area contributed by atoms with Gasteiger partial charge in [-0.15, -0.1) is 0 Å². The van der Waals surface area contributed by atoms with Gasteiger partial charge in [-0.05, 0) is 6.92 Å². The minimum Gasteiger partial charge on any atom is -0.393 e. The van der Waals surface area contributed by atoms with Gasteiger partial charge < -0.3 is 20.4 Å². The van der Waals surface area contributed by atoms with E-state index in [1.807, 2.05) is 0 Å². The van der Waals surface area contributed by atoms with Crippen molar-refractivity contribution in [1.82, 2.24) is 0 Å². The molecule has 76 valence electrons. The number of Topliss-reactive ketones (excluding diaryl/α,β-unsaturated/α-hetero) is 2. The summed E-state index contributed by atoms with van der Waals surface area (Å²) in [6.45, 7) is 0.234. The molecule has 0 saturated heterocycles. The van der Waals surface area contributed by atoms with Crippen molar-refractivity contribution < 1.29 is 30.0 Å². The number of aliphatic hydroxyl groups excluding tert-OH is 4. The molecule has 6 heteroatoms. The molecule has 0 fully saturated rings. The standard InChI is InChI=1S/C7H12O6/c1-3(9)5(11)7(13)6(12)4(10)2-8/h3-5,8-11H,2H2,1H3/t3?,4-,5?/m0/s1. The van der Waals surface area contributed by atoms with E-state index < -0.39 is 36.5 Å². The van der Waals surface area contributed by atoms with Crippen molar-refractivity contribution in [3.8, 4) is 0 Å². The lowest BCUT2D eigenvalue weighted by Gasteiger charge is -2.12. The van der Waals surface area contributed by atoms with Crippen LogP contribution in [0, 0.1) is 0 Å². The Morgan fingerprint density at radius 2 is 1.62 bits per heavy atom. The molecule has 13 heavy (non-hydrogen) atoms. The van der Waals surface area contributed by atoms with Crippen LogP contribution in [0.1, 0.15) is 6.92 Å². The zero-order chi connectivity index (χ0) is 10.6. The van der Waals surface area contributed by atoms with E-state index in [2.05, 4.69) is 0 Å². The normalized spacial score (nSPS) is 17.6. The van der Waals surface area contributed by atoms with Crippen molar-refractivity contribution in [2.45, 2.75) is 25.2 Å². The van der Waals surface area contributed by atoms with Crippen LogP contribution in [0.5, 0.6) is 0 Å². The summed E-state index contributed by atoms with van der Waals surface area (Å²) in [5.74, 6) is -2.62. The molecule has 4 N–H and O–H groups in total. The van der Waals surface area contributed by atoms with Crippen LogP contribution in [0.25, 0.3) is 0 Å². The molecular weight excluding hydrogens is 180 g/mol. The summed E-state index contributed by atoms with van der Waals surface area (Å²) < 4.78 is 0. The highest BCUT2D eigenvalue weighted by Gasteiger charge is 2.30. The average molecular weight is 192 g/mol. The van der Waals surface area contributed by atoms with Crippen molar-refractivity contribution >= 4 is 11.6 Å². The van der Waals surface area contributed by atoms with Crippen molar-refractivity contribution in [1.29, 1.82) is 0 Å². The number of carbonyl (C=O) groups excluding carboxylic acids is 2. The Hall–Kier alpha value is -0.820. The summed E-state index contributed by atoms with van der Waals surface area (Å²) in [6, 6.07) is 0. The molecule has 0 aromatic heterocycles. The van der Waals surface area contributed by atoms with E-state index in [4.69, 9.17) is 20.4 Å². The predicted molar refractivity (Wildman–Crippen MR) is 40.8 cm³/mol. The van der Waals surface area contributed by atoms with Crippen LogP contribution in [0.3, 0.4) is 0 Å². The highest BCUT2D eigenvalue weighted by molar-refractivity contribution is 6.40. The Morgan fingerprint density at radius 1 is 1.15 bits per heavy atom. The Balaban J connectivity index is 4.34. The van der Waals surface area contributed by atoms with Crippen LogP contribution in [-0.2, 0) is 9.59 Å². The van der Waals surface area contributed by atoms with Crippen LogP contribution < -0.4 is 0 Å². The minimum atomic E-state index is -1.85. The first-order valence-corrected chi connectivity index (χ1v) is 3.65. The largest absolute Gasteiger partial charge is 0.393 e. The highest BCUT2D eigenvalue weighted by Crippen LogP contribution is 1.97. The van der Waals surface area contributed by atoms with Crippen LogP contribution in [-0.4, -0.2) is 56.9 Å². The van der Waals surface area contributed by atoms with Crippen molar-refractivity contribution in [3.05, 3.63) is 0 Å². The molecule has 0 rings (SSSR count). The van der Waals surface area contributed by atoms with Gasteiger partial charge in [-0.25, -0.2) is 0 Å². The lowest BCUT2D eigenvalue weighted by Crippen LogP contribution is -2.42. The second-order valence-electron chi connectivity index (χ2n) is 2.61. The fourth-order valence-electron chi connectivity index (χ4n) is 0.612. The molecular formula is C7H12O6. The first-order valence-electron chi connectivity index (χ1n) is 3.65. The third-order valence-electron chi connectivity index (χ3n) is 1.44. The summed E-state index contributed by atoms with van der Waals surface area (Å²) in [5.41, 5.74) is 0. The fraction of sp³-hybridized carbons (Fsp3) is 0.714. The maximum absolute atomic E-state index is 10.9. The number of carbonyl (C=O) groups is 2. The van der Waals surface area contributed by atoms with E-state index in [0.717, 1.165) is 6.92 Å². The van der Waals surface area contributed by atoms with Gasteiger partial charge in [0.25, 0.3) is 0 Å². The molecule has 0 spiro atoms. The summed E-state index contributed by atoms with van der Waals surface area (Å²) in [6.07, 6.45) is -5.07. The molecule has 0 aliphatic carbocycles. The lowest BCUT2D eigenvalue weighted by molar-refractivity contribution is -0.150. The molecule has 0 aliphatic heterocycles. The van der Waals surface area contributed by atoms with Gasteiger partial charge in [0.15, 0.2) is 0 Å².